The summed E-state index contributed by atoms with van der Waals surface area (Å²) < 4.78 is 38.6. The fourth-order valence-electron chi connectivity index (χ4n) is 1.43. The highest BCUT2D eigenvalue weighted by Crippen LogP contribution is 2.29. The predicted molar refractivity (Wildman–Crippen MR) is 69.3 cm³/mol. The van der Waals surface area contributed by atoms with Crippen molar-refractivity contribution in [2.45, 2.75) is 20.0 Å². The van der Waals surface area contributed by atoms with Crippen molar-refractivity contribution in [3.63, 3.8) is 0 Å². The van der Waals surface area contributed by atoms with Crippen LogP contribution in [0.3, 0.4) is 0 Å². The fourth-order valence-corrected chi connectivity index (χ4v) is 1.43. The molecular formula is C14H16F2O4. The molecule has 0 aliphatic rings. The number of ether oxygens (including phenoxy) is 3. The molecule has 0 fully saturated rings. The van der Waals surface area contributed by atoms with Crippen molar-refractivity contribution < 1.29 is 27.8 Å². The number of allylic oxidation sites excluding steroid dienone is 1. The molecule has 1 aromatic rings. The molecule has 6 heteroatoms. The first-order valence-corrected chi connectivity index (χ1v) is 6.03. The van der Waals surface area contributed by atoms with Crippen LogP contribution in [-0.2, 0) is 4.74 Å². The van der Waals surface area contributed by atoms with E-state index >= 15 is 0 Å². The summed E-state index contributed by atoms with van der Waals surface area (Å²) in [4.78, 5) is 11.7. The van der Waals surface area contributed by atoms with Gasteiger partial charge in [0.05, 0.1) is 12.7 Å². The van der Waals surface area contributed by atoms with Crippen LogP contribution in [0.4, 0.5) is 8.78 Å². The maximum Gasteiger partial charge on any atom is 0.387 e. The van der Waals surface area contributed by atoms with Crippen LogP contribution in [0.15, 0.2) is 30.4 Å². The molecule has 0 aliphatic heterocycles. The summed E-state index contributed by atoms with van der Waals surface area (Å²) in [6.45, 7) is -0.915. The maximum absolute atomic E-state index is 12.3. The van der Waals surface area contributed by atoms with E-state index in [0.717, 1.165) is 12.5 Å². The average Bonchev–Trinajstić information content (AvgIpc) is 2.42. The number of carbonyl (C=O) groups is 1. The molecule has 0 aromatic heterocycles. The second-order valence-corrected chi connectivity index (χ2v) is 3.72. The van der Waals surface area contributed by atoms with Crippen molar-refractivity contribution in [3.8, 4) is 11.5 Å². The van der Waals surface area contributed by atoms with Crippen molar-refractivity contribution in [2.24, 2.45) is 0 Å². The topological polar surface area (TPSA) is 44.8 Å². The third-order valence-electron chi connectivity index (χ3n) is 2.33. The van der Waals surface area contributed by atoms with Gasteiger partial charge in [-0.25, -0.2) is 4.79 Å². The monoisotopic (exact) mass is 286 g/mol. The van der Waals surface area contributed by atoms with E-state index in [2.05, 4.69) is 4.74 Å². The molecule has 1 rings (SSSR count). The van der Waals surface area contributed by atoms with E-state index in [4.69, 9.17) is 9.47 Å². The normalized spacial score (nSPS) is 10.8. The lowest BCUT2D eigenvalue weighted by Crippen LogP contribution is -2.08. The van der Waals surface area contributed by atoms with Crippen molar-refractivity contribution >= 4 is 5.97 Å². The lowest BCUT2D eigenvalue weighted by Gasteiger charge is -2.11. The molecule has 0 aliphatic carbocycles. The Morgan fingerprint density at radius 2 is 2.05 bits per heavy atom. The summed E-state index contributed by atoms with van der Waals surface area (Å²) in [7, 11) is 1.32. The van der Waals surface area contributed by atoms with Gasteiger partial charge in [0.25, 0.3) is 0 Å². The van der Waals surface area contributed by atoms with E-state index in [-0.39, 0.29) is 23.7 Å². The van der Waals surface area contributed by atoms with Gasteiger partial charge in [0.1, 0.15) is 6.61 Å². The molecule has 0 saturated heterocycles. The number of methoxy groups -OCH3 is 1. The van der Waals surface area contributed by atoms with Gasteiger partial charge in [-0.2, -0.15) is 8.78 Å². The van der Waals surface area contributed by atoms with E-state index in [0.29, 0.717) is 0 Å². The standard InChI is InChI=1S/C14H16F2O4/c1-3-4-5-8-19-13(17)10-6-7-11(18-2)12(9-10)20-14(15)16/h4-7,9,14H,3,8H2,1-2H3/b5-4+. The number of alkyl halides is 2. The van der Waals surface area contributed by atoms with Crippen LogP contribution in [-0.4, -0.2) is 26.3 Å². The lowest BCUT2D eigenvalue weighted by molar-refractivity contribution is -0.0512. The smallest absolute Gasteiger partial charge is 0.387 e. The molecule has 0 unspecified atom stereocenters. The maximum atomic E-state index is 12.3. The zero-order valence-corrected chi connectivity index (χ0v) is 11.3. The van der Waals surface area contributed by atoms with E-state index in [1.54, 1.807) is 6.08 Å². The van der Waals surface area contributed by atoms with Crippen LogP contribution in [0.2, 0.25) is 0 Å². The van der Waals surface area contributed by atoms with Crippen LogP contribution in [0, 0.1) is 0 Å². The third-order valence-corrected chi connectivity index (χ3v) is 2.33. The van der Waals surface area contributed by atoms with Gasteiger partial charge in [-0.3, -0.25) is 0 Å². The van der Waals surface area contributed by atoms with Gasteiger partial charge in [-0.15, -0.1) is 0 Å². The number of halogens is 2. The van der Waals surface area contributed by atoms with Crippen molar-refractivity contribution in [1.29, 1.82) is 0 Å². The molecule has 4 nitrogen and oxygen atoms in total. The first-order valence-electron chi connectivity index (χ1n) is 6.03. The molecule has 1 aromatic carbocycles. The van der Waals surface area contributed by atoms with Crippen LogP contribution >= 0.6 is 0 Å². The molecule has 0 amide bonds. The molecule has 0 radical (unpaired) electrons. The van der Waals surface area contributed by atoms with E-state index in [9.17, 15) is 13.6 Å². The highest BCUT2D eigenvalue weighted by Gasteiger charge is 2.15. The number of hydrogen-bond acceptors (Lipinski definition) is 4. The van der Waals surface area contributed by atoms with Crippen LogP contribution in [0.5, 0.6) is 11.5 Å². The Morgan fingerprint density at radius 3 is 2.65 bits per heavy atom. The molecule has 0 saturated carbocycles. The van der Waals surface area contributed by atoms with Gasteiger partial charge >= 0.3 is 12.6 Å². The van der Waals surface area contributed by atoms with Gasteiger partial charge in [-0.1, -0.05) is 19.1 Å². The summed E-state index contributed by atoms with van der Waals surface area (Å²) in [6.07, 6.45) is 4.40. The number of hydrogen-bond donors (Lipinski definition) is 0. The van der Waals surface area contributed by atoms with Gasteiger partial charge in [-0.05, 0) is 24.6 Å². The number of rotatable bonds is 7. The first kappa shape index (κ1) is 15.9. The van der Waals surface area contributed by atoms with Gasteiger partial charge < -0.3 is 14.2 Å². The van der Waals surface area contributed by atoms with E-state index < -0.39 is 12.6 Å². The van der Waals surface area contributed by atoms with Crippen LogP contribution in [0.1, 0.15) is 23.7 Å². The summed E-state index contributed by atoms with van der Waals surface area (Å²) in [5.41, 5.74) is 0.117. The molecule has 110 valence electrons. The molecule has 20 heavy (non-hydrogen) atoms. The number of esters is 1. The second-order valence-electron chi connectivity index (χ2n) is 3.72. The van der Waals surface area contributed by atoms with Crippen LogP contribution in [0.25, 0.3) is 0 Å². The predicted octanol–water partition coefficient (Wildman–Crippen LogP) is 3.42. The second kappa shape index (κ2) is 8.14. The Morgan fingerprint density at radius 1 is 1.30 bits per heavy atom. The highest BCUT2D eigenvalue weighted by molar-refractivity contribution is 5.90. The highest BCUT2D eigenvalue weighted by atomic mass is 19.3. The van der Waals surface area contributed by atoms with Gasteiger partial charge in [0.15, 0.2) is 11.5 Å². The summed E-state index contributed by atoms with van der Waals surface area (Å²) >= 11 is 0. The Balaban J connectivity index is 2.79. The van der Waals surface area contributed by atoms with Crippen LogP contribution < -0.4 is 9.47 Å². The summed E-state index contributed by atoms with van der Waals surface area (Å²) in [6, 6.07) is 3.95. The summed E-state index contributed by atoms with van der Waals surface area (Å²) in [5, 5.41) is 0. The number of carbonyl (C=O) groups excluding carboxylic acids is 1. The van der Waals surface area contributed by atoms with Crippen molar-refractivity contribution in [1.82, 2.24) is 0 Å². The minimum absolute atomic E-state index is 0.117. The molecule has 0 spiro atoms. The quantitative estimate of drug-likeness (QED) is 0.569. The molecular weight excluding hydrogens is 270 g/mol. The Bertz CT molecular complexity index is 472. The molecule has 0 atom stereocenters. The average molecular weight is 286 g/mol. The molecule has 0 heterocycles. The van der Waals surface area contributed by atoms with E-state index in [1.807, 2.05) is 13.0 Å². The largest absolute Gasteiger partial charge is 0.493 e. The van der Waals surface area contributed by atoms with Crippen molar-refractivity contribution in [2.75, 3.05) is 13.7 Å². The molecule has 0 bridgehead atoms. The van der Waals surface area contributed by atoms with Gasteiger partial charge in [0, 0.05) is 0 Å². The number of benzene rings is 1. The SMILES string of the molecule is CC/C=C/COC(=O)c1ccc(OC)c(OC(F)F)c1. The lowest BCUT2D eigenvalue weighted by atomic mass is 10.2. The Hall–Kier alpha value is -2.11. The Kier molecular flexibility index (Phi) is 6.49. The zero-order chi connectivity index (χ0) is 15.0. The minimum Gasteiger partial charge on any atom is -0.493 e. The zero-order valence-electron chi connectivity index (χ0n) is 11.3. The van der Waals surface area contributed by atoms with E-state index in [1.165, 1.54) is 19.2 Å². The third kappa shape index (κ3) is 4.87. The first-order chi connectivity index (χ1) is 9.58. The molecule has 0 N–H and O–H groups in total. The van der Waals surface area contributed by atoms with Gasteiger partial charge in [0.2, 0.25) is 0 Å². The Labute approximate surface area is 115 Å². The minimum atomic E-state index is -3.00. The summed E-state index contributed by atoms with van der Waals surface area (Å²) in [5.74, 6) is -0.707. The van der Waals surface area contributed by atoms with Crippen molar-refractivity contribution in [3.05, 3.63) is 35.9 Å². The fraction of sp³-hybridized carbons (Fsp3) is 0.357.